The van der Waals surface area contributed by atoms with Gasteiger partial charge in [-0.3, -0.25) is 14.9 Å². The predicted molar refractivity (Wildman–Crippen MR) is 101 cm³/mol. The molecule has 1 unspecified atom stereocenters. The highest BCUT2D eigenvalue weighted by atomic mass is 32.2. The number of benzene rings is 1. The van der Waals surface area contributed by atoms with Crippen LogP contribution in [0.5, 0.6) is 0 Å². The van der Waals surface area contributed by atoms with Crippen molar-refractivity contribution < 1.29 is 19.1 Å². The van der Waals surface area contributed by atoms with Crippen LogP contribution in [-0.4, -0.2) is 34.7 Å². The Labute approximate surface area is 159 Å². The van der Waals surface area contributed by atoms with Crippen LogP contribution in [0, 0.1) is 0 Å². The maximum absolute atomic E-state index is 12.1. The molecule has 0 radical (unpaired) electrons. The van der Waals surface area contributed by atoms with Crippen molar-refractivity contribution in [2.75, 3.05) is 11.9 Å². The molecule has 0 spiro atoms. The van der Waals surface area contributed by atoms with Crippen LogP contribution in [0.2, 0.25) is 0 Å². The summed E-state index contributed by atoms with van der Waals surface area (Å²) in [5.41, 5.74) is 1.20. The van der Waals surface area contributed by atoms with Crippen LogP contribution in [0.1, 0.15) is 19.5 Å². The molecule has 1 aromatic heterocycles. The van der Waals surface area contributed by atoms with E-state index in [1.54, 1.807) is 43.5 Å². The summed E-state index contributed by atoms with van der Waals surface area (Å²) in [5, 5.41) is 6.12. The Morgan fingerprint density at radius 1 is 1.27 bits per heavy atom. The van der Waals surface area contributed by atoms with Gasteiger partial charge in [-0.15, -0.1) is 11.3 Å². The lowest BCUT2D eigenvalue weighted by molar-refractivity contribution is -0.142. The van der Waals surface area contributed by atoms with Crippen molar-refractivity contribution in [2.45, 2.75) is 29.9 Å². The number of urea groups is 1. The van der Waals surface area contributed by atoms with Crippen LogP contribution >= 0.6 is 23.1 Å². The van der Waals surface area contributed by atoms with Gasteiger partial charge in [0.15, 0.2) is 4.34 Å². The fourth-order valence-electron chi connectivity index (χ4n) is 1.89. The van der Waals surface area contributed by atoms with E-state index in [4.69, 9.17) is 4.74 Å². The summed E-state index contributed by atoms with van der Waals surface area (Å²) in [6.45, 7) is 3.75. The van der Waals surface area contributed by atoms with Crippen LogP contribution in [0.25, 0.3) is 0 Å². The molecule has 0 aliphatic heterocycles. The highest BCUT2D eigenvalue weighted by Gasteiger charge is 2.19. The Bertz CT molecular complexity index is 764. The van der Waals surface area contributed by atoms with E-state index in [0.717, 1.165) is 0 Å². The lowest BCUT2D eigenvalue weighted by atomic mass is 10.3. The van der Waals surface area contributed by atoms with E-state index in [9.17, 15) is 14.4 Å². The highest BCUT2D eigenvalue weighted by Crippen LogP contribution is 2.27. The third-order valence-electron chi connectivity index (χ3n) is 3.08. The third kappa shape index (κ3) is 6.49. The van der Waals surface area contributed by atoms with Crippen molar-refractivity contribution in [3.63, 3.8) is 0 Å². The first-order valence-electron chi connectivity index (χ1n) is 7.91. The standard InChI is InChI=1S/C17H19N3O4S2/c1-3-24-14(21)9-13-10-25-17(19-13)26-11(2)15(22)20-16(23)18-12-7-5-4-6-8-12/h4-8,10-11H,3,9H2,1-2H3,(H2,18,20,22,23). The topological polar surface area (TPSA) is 97.4 Å². The first-order valence-corrected chi connectivity index (χ1v) is 9.67. The molecule has 2 aromatic rings. The number of thiazole rings is 1. The van der Waals surface area contributed by atoms with Crippen molar-refractivity contribution in [3.05, 3.63) is 41.4 Å². The second kappa shape index (κ2) is 9.93. The Kier molecular flexibility index (Phi) is 7.61. The van der Waals surface area contributed by atoms with Crippen LogP contribution in [-0.2, 0) is 20.7 Å². The van der Waals surface area contributed by atoms with Crippen LogP contribution in [0.3, 0.4) is 0 Å². The highest BCUT2D eigenvalue weighted by molar-refractivity contribution is 8.02. The summed E-state index contributed by atoms with van der Waals surface area (Å²) in [7, 11) is 0. The van der Waals surface area contributed by atoms with E-state index >= 15 is 0 Å². The maximum Gasteiger partial charge on any atom is 0.325 e. The van der Waals surface area contributed by atoms with Crippen LogP contribution < -0.4 is 10.6 Å². The molecule has 2 rings (SSSR count). The minimum absolute atomic E-state index is 0.102. The number of hydrogen-bond acceptors (Lipinski definition) is 7. The van der Waals surface area contributed by atoms with Gasteiger partial charge in [0.25, 0.3) is 0 Å². The van der Waals surface area contributed by atoms with Gasteiger partial charge in [-0.25, -0.2) is 9.78 Å². The molecular weight excluding hydrogens is 374 g/mol. The Balaban J connectivity index is 1.82. The molecule has 2 N–H and O–H groups in total. The lowest BCUT2D eigenvalue weighted by Crippen LogP contribution is -2.38. The maximum atomic E-state index is 12.1. The van der Waals surface area contributed by atoms with Gasteiger partial charge in [0.05, 0.1) is 24.0 Å². The zero-order valence-corrected chi connectivity index (χ0v) is 16.0. The summed E-state index contributed by atoms with van der Waals surface area (Å²) >= 11 is 2.56. The molecule has 26 heavy (non-hydrogen) atoms. The smallest absolute Gasteiger partial charge is 0.325 e. The molecule has 138 valence electrons. The molecule has 3 amide bonds. The van der Waals surface area contributed by atoms with Crippen LogP contribution in [0.4, 0.5) is 10.5 Å². The molecule has 1 heterocycles. The molecule has 1 atom stereocenters. The van der Waals surface area contributed by atoms with E-state index in [0.29, 0.717) is 22.3 Å². The molecule has 0 fully saturated rings. The number of nitrogens with one attached hydrogen (secondary N) is 2. The molecule has 0 saturated heterocycles. The number of para-hydroxylation sites is 1. The molecule has 0 bridgehead atoms. The molecule has 0 aliphatic carbocycles. The Morgan fingerprint density at radius 2 is 2.00 bits per heavy atom. The summed E-state index contributed by atoms with van der Waals surface area (Å²) in [5.74, 6) is -0.761. The third-order valence-corrected chi connectivity index (χ3v) is 5.20. The summed E-state index contributed by atoms with van der Waals surface area (Å²) < 4.78 is 5.53. The molecule has 0 saturated carbocycles. The predicted octanol–water partition coefficient (Wildman–Crippen LogP) is 3.08. The summed E-state index contributed by atoms with van der Waals surface area (Å²) in [6, 6.07) is 8.26. The fourth-order valence-corrected chi connectivity index (χ4v) is 3.87. The first-order chi connectivity index (χ1) is 12.5. The number of amides is 3. The number of carbonyl (C=O) groups excluding carboxylic acids is 3. The summed E-state index contributed by atoms with van der Waals surface area (Å²) in [6.07, 6.45) is 0.102. The van der Waals surface area contributed by atoms with Gasteiger partial charge in [-0.2, -0.15) is 0 Å². The zero-order chi connectivity index (χ0) is 18.9. The Morgan fingerprint density at radius 3 is 2.69 bits per heavy atom. The van der Waals surface area contributed by atoms with Gasteiger partial charge < -0.3 is 10.1 Å². The van der Waals surface area contributed by atoms with Gasteiger partial charge in [-0.05, 0) is 26.0 Å². The number of thioether (sulfide) groups is 1. The van der Waals surface area contributed by atoms with Gasteiger partial charge in [0.1, 0.15) is 0 Å². The molecule has 1 aromatic carbocycles. The molecule has 0 aliphatic rings. The van der Waals surface area contributed by atoms with Crippen molar-refractivity contribution in [1.82, 2.24) is 10.3 Å². The number of carbonyl (C=O) groups is 3. The van der Waals surface area contributed by atoms with E-state index in [1.165, 1.54) is 23.1 Å². The van der Waals surface area contributed by atoms with Gasteiger partial charge in [0, 0.05) is 11.1 Å². The molecule has 7 nitrogen and oxygen atoms in total. The number of aromatic nitrogens is 1. The molecule has 9 heteroatoms. The average Bonchev–Trinajstić information content (AvgIpc) is 3.02. The summed E-state index contributed by atoms with van der Waals surface area (Å²) in [4.78, 5) is 39.7. The number of rotatable bonds is 7. The average molecular weight is 393 g/mol. The zero-order valence-electron chi connectivity index (χ0n) is 14.4. The van der Waals surface area contributed by atoms with Crippen molar-refractivity contribution in [3.8, 4) is 0 Å². The van der Waals surface area contributed by atoms with Crippen molar-refractivity contribution in [1.29, 1.82) is 0 Å². The van der Waals surface area contributed by atoms with E-state index in [2.05, 4.69) is 15.6 Å². The van der Waals surface area contributed by atoms with Gasteiger partial charge in [-0.1, -0.05) is 30.0 Å². The Hall–Kier alpha value is -2.39. The van der Waals surface area contributed by atoms with Gasteiger partial charge in [0.2, 0.25) is 5.91 Å². The number of imide groups is 1. The van der Waals surface area contributed by atoms with E-state index < -0.39 is 17.2 Å². The largest absolute Gasteiger partial charge is 0.466 e. The number of esters is 1. The minimum Gasteiger partial charge on any atom is -0.466 e. The quantitative estimate of drug-likeness (QED) is 0.554. The van der Waals surface area contributed by atoms with Crippen molar-refractivity contribution >= 4 is 46.7 Å². The van der Waals surface area contributed by atoms with E-state index in [1.807, 2.05) is 6.07 Å². The first kappa shape index (κ1) is 19.9. The van der Waals surface area contributed by atoms with E-state index in [-0.39, 0.29) is 12.4 Å². The minimum atomic E-state index is -0.587. The van der Waals surface area contributed by atoms with Gasteiger partial charge >= 0.3 is 12.0 Å². The lowest BCUT2D eigenvalue weighted by Gasteiger charge is -2.10. The number of nitrogens with zero attached hydrogens (tertiary/aromatic N) is 1. The number of hydrogen-bond donors (Lipinski definition) is 2. The number of anilines is 1. The number of ether oxygens (including phenoxy) is 1. The second-order valence-corrected chi connectivity index (χ2v) is 7.60. The normalized spacial score (nSPS) is 11.5. The monoisotopic (exact) mass is 393 g/mol. The fraction of sp³-hybridized carbons (Fsp3) is 0.294. The SMILES string of the molecule is CCOC(=O)Cc1csc(SC(C)C(=O)NC(=O)Nc2ccccc2)n1. The molecular formula is C17H19N3O4S2. The van der Waals surface area contributed by atoms with Crippen LogP contribution in [0.15, 0.2) is 40.1 Å². The van der Waals surface area contributed by atoms with Crippen molar-refractivity contribution in [2.24, 2.45) is 0 Å². The second-order valence-electron chi connectivity index (χ2n) is 5.16.